The van der Waals surface area contributed by atoms with Crippen molar-refractivity contribution in [2.24, 2.45) is 0 Å². The minimum atomic E-state index is -0.103. The van der Waals surface area contributed by atoms with Crippen molar-refractivity contribution in [2.75, 3.05) is 13.2 Å². The predicted octanol–water partition coefficient (Wildman–Crippen LogP) is 1.96. The average molecular weight is 419 g/mol. The maximum Gasteiger partial charge on any atom is 0.258 e. The molecule has 1 heterocycles. The van der Waals surface area contributed by atoms with Crippen LogP contribution < -0.4 is 15.4 Å². The Morgan fingerprint density at radius 3 is 2.45 bits per heavy atom. The zero-order valence-corrected chi connectivity index (χ0v) is 17.2. The summed E-state index contributed by atoms with van der Waals surface area (Å²) in [4.78, 5) is 27.9. The van der Waals surface area contributed by atoms with Crippen LogP contribution in [0.4, 0.5) is 0 Å². The van der Waals surface area contributed by atoms with Gasteiger partial charge in [0.25, 0.3) is 11.8 Å². The lowest BCUT2D eigenvalue weighted by Crippen LogP contribution is -2.30. The number of aromatic nitrogens is 3. The molecule has 31 heavy (non-hydrogen) atoms. The molecule has 2 N–H and O–H groups in total. The summed E-state index contributed by atoms with van der Waals surface area (Å²) < 4.78 is 7.23. The Kier molecular flexibility index (Phi) is 6.56. The Labute approximate surface area is 180 Å². The molecular formula is C23H25N5O3. The lowest BCUT2D eigenvalue weighted by Gasteiger charge is -2.09. The zero-order valence-electron chi connectivity index (χ0n) is 17.2. The fraction of sp³-hybridized carbons (Fsp3) is 0.304. The molecule has 160 valence electrons. The molecule has 3 aromatic rings. The van der Waals surface area contributed by atoms with E-state index >= 15 is 0 Å². The number of ether oxygens (including phenoxy) is 1. The molecule has 0 aliphatic heterocycles. The molecule has 0 unspecified atom stereocenters. The number of carbonyl (C=O) groups is 2. The Balaban J connectivity index is 1.18. The fourth-order valence-corrected chi connectivity index (χ4v) is 3.08. The minimum absolute atomic E-state index is 0.0313. The highest BCUT2D eigenvalue weighted by Gasteiger charge is 2.23. The molecule has 1 saturated carbocycles. The van der Waals surface area contributed by atoms with E-state index in [1.807, 2.05) is 48.5 Å². The highest BCUT2D eigenvalue weighted by atomic mass is 16.5. The van der Waals surface area contributed by atoms with Crippen molar-refractivity contribution >= 4 is 11.8 Å². The van der Waals surface area contributed by atoms with E-state index in [4.69, 9.17) is 4.74 Å². The van der Waals surface area contributed by atoms with Gasteiger partial charge in [0.15, 0.2) is 6.61 Å². The number of rotatable bonds is 10. The highest BCUT2D eigenvalue weighted by Crippen LogP contribution is 2.18. The quantitative estimate of drug-likeness (QED) is 0.524. The first kappa shape index (κ1) is 20.6. The Morgan fingerprint density at radius 2 is 1.77 bits per heavy atom. The van der Waals surface area contributed by atoms with Crippen LogP contribution in [0.25, 0.3) is 0 Å². The SMILES string of the molecule is O=C(COc1ccc(CCNC(=O)c2ccc(Cn3cncn3)cc2)cc1)NC1CC1. The lowest BCUT2D eigenvalue weighted by molar-refractivity contribution is -0.123. The van der Waals surface area contributed by atoms with Gasteiger partial charge in [-0.1, -0.05) is 24.3 Å². The van der Waals surface area contributed by atoms with E-state index in [-0.39, 0.29) is 18.4 Å². The van der Waals surface area contributed by atoms with Gasteiger partial charge < -0.3 is 15.4 Å². The van der Waals surface area contributed by atoms with Gasteiger partial charge in [0.2, 0.25) is 0 Å². The molecule has 8 nitrogen and oxygen atoms in total. The topological polar surface area (TPSA) is 98.1 Å². The van der Waals surface area contributed by atoms with E-state index in [9.17, 15) is 9.59 Å². The van der Waals surface area contributed by atoms with Crippen molar-refractivity contribution in [1.29, 1.82) is 0 Å². The zero-order chi connectivity index (χ0) is 21.5. The van der Waals surface area contributed by atoms with E-state index in [1.54, 1.807) is 11.0 Å². The average Bonchev–Trinajstić information content (AvgIpc) is 3.45. The van der Waals surface area contributed by atoms with Crippen molar-refractivity contribution in [2.45, 2.75) is 31.8 Å². The summed E-state index contributed by atoms with van der Waals surface area (Å²) in [6, 6.07) is 15.4. The molecule has 0 radical (unpaired) electrons. The molecule has 0 atom stereocenters. The highest BCUT2D eigenvalue weighted by molar-refractivity contribution is 5.94. The van der Waals surface area contributed by atoms with E-state index in [1.165, 1.54) is 6.33 Å². The normalized spacial score (nSPS) is 12.9. The van der Waals surface area contributed by atoms with E-state index < -0.39 is 0 Å². The summed E-state index contributed by atoms with van der Waals surface area (Å²) in [6.07, 6.45) is 5.99. The van der Waals surface area contributed by atoms with Gasteiger partial charge in [-0.3, -0.25) is 9.59 Å². The van der Waals surface area contributed by atoms with Crippen LogP contribution in [0.5, 0.6) is 5.75 Å². The predicted molar refractivity (Wildman–Crippen MR) is 115 cm³/mol. The summed E-state index contributed by atoms with van der Waals surface area (Å²) in [6.45, 7) is 1.18. The molecule has 1 fully saturated rings. The van der Waals surface area contributed by atoms with Gasteiger partial charge in [-0.05, 0) is 54.7 Å². The molecule has 8 heteroatoms. The maximum atomic E-state index is 12.4. The van der Waals surface area contributed by atoms with Crippen LogP contribution in [-0.2, 0) is 17.8 Å². The lowest BCUT2D eigenvalue weighted by atomic mass is 10.1. The van der Waals surface area contributed by atoms with Gasteiger partial charge in [0.1, 0.15) is 18.4 Å². The van der Waals surface area contributed by atoms with Gasteiger partial charge in [-0.2, -0.15) is 5.10 Å². The second-order valence-electron chi connectivity index (χ2n) is 7.57. The maximum absolute atomic E-state index is 12.4. The van der Waals surface area contributed by atoms with Crippen molar-refractivity contribution in [3.05, 3.63) is 77.9 Å². The van der Waals surface area contributed by atoms with E-state index in [0.29, 0.717) is 36.9 Å². The van der Waals surface area contributed by atoms with Crippen LogP contribution in [0, 0.1) is 0 Å². The second kappa shape index (κ2) is 9.88. The molecule has 0 spiro atoms. The van der Waals surface area contributed by atoms with Crippen molar-refractivity contribution < 1.29 is 14.3 Å². The molecule has 2 aromatic carbocycles. The number of nitrogens with one attached hydrogen (secondary N) is 2. The van der Waals surface area contributed by atoms with Gasteiger partial charge in [0.05, 0.1) is 6.54 Å². The number of amides is 2. The Morgan fingerprint density at radius 1 is 1.03 bits per heavy atom. The summed E-state index contributed by atoms with van der Waals surface area (Å²) in [7, 11) is 0. The first-order valence-corrected chi connectivity index (χ1v) is 10.4. The third kappa shape index (κ3) is 6.40. The number of benzene rings is 2. The summed E-state index contributed by atoms with van der Waals surface area (Å²) >= 11 is 0. The van der Waals surface area contributed by atoms with Gasteiger partial charge in [-0.15, -0.1) is 0 Å². The van der Waals surface area contributed by atoms with E-state index in [0.717, 1.165) is 24.0 Å². The third-order valence-electron chi connectivity index (χ3n) is 4.96. The summed E-state index contributed by atoms with van der Waals surface area (Å²) in [5.41, 5.74) is 2.75. The van der Waals surface area contributed by atoms with Crippen LogP contribution in [-0.4, -0.2) is 45.8 Å². The van der Waals surface area contributed by atoms with Gasteiger partial charge >= 0.3 is 0 Å². The van der Waals surface area contributed by atoms with Crippen LogP contribution in [0.1, 0.15) is 34.3 Å². The fourth-order valence-electron chi connectivity index (χ4n) is 3.08. The minimum Gasteiger partial charge on any atom is -0.484 e. The molecule has 0 bridgehead atoms. The molecule has 1 aromatic heterocycles. The van der Waals surface area contributed by atoms with Crippen LogP contribution in [0.15, 0.2) is 61.2 Å². The van der Waals surface area contributed by atoms with Crippen LogP contribution in [0.3, 0.4) is 0 Å². The molecule has 2 amide bonds. The molecule has 1 aliphatic carbocycles. The van der Waals surface area contributed by atoms with Crippen molar-refractivity contribution in [3.8, 4) is 5.75 Å². The molecule has 0 saturated heterocycles. The molecule has 4 rings (SSSR count). The first-order valence-electron chi connectivity index (χ1n) is 10.4. The second-order valence-corrected chi connectivity index (χ2v) is 7.57. The first-order chi connectivity index (χ1) is 15.2. The van der Waals surface area contributed by atoms with E-state index in [2.05, 4.69) is 20.7 Å². The third-order valence-corrected chi connectivity index (χ3v) is 4.96. The monoisotopic (exact) mass is 419 g/mol. The largest absolute Gasteiger partial charge is 0.484 e. The smallest absolute Gasteiger partial charge is 0.258 e. The number of hydrogen-bond acceptors (Lipinski definition) is 5. The van der Waals surface area contributed by atoms with Crippen LogP contribution >= 0.6 is 0 Å². The summed E-state index contributed by atoms with van der Waals surface area (Å²) in [5.74, 6) is 0.472. The van der Waals surface area contributed by atoms with Gasteiger partial charge in [0, 0.05) is 18.2 Å². The van der Waals surface area contributed by atoms with Crippen molar-refractivity contribution in [1.82, 2.24) is 25.4 Å². The van der Waals surface area contributed by atoms with Crippen molar-refractivity contribution in [3.63, 3.8) is 0 Å². The number of carbonyl (C=O) groups excluding carboxylic acids is 2. The number of nitrogens with zero attached hydrogens (tertiary/aromatic N) is 3. The molecule has 1 aliphatic rings. The van der Waals surface area contributed by atoms with Crippen LogP contribution in [0.2, 0.25) is 0 Å². The molecular weight excluding hydrogens is 394 g/mol. The number of hydrogen-bond donors (Lipinski definition) is 2. The standard InChI is InChI=1S/C23H25N5O3/c29-22(27-20-7-8-20)14-31-21-9-3-17(4-10-21)11-12-25-23(30)19-5-1-18(2-6-19)13-28-16-24-15-26-28/h1-6,9-10,15-16,20H,7-8,11-14H2,(H,25,30)(H,27,29). The Bertz CT molecular complexity index is 997. The Hall–Kier alpha value is -3.68. The van der Waals surface area contributed by atoms with Gasteiger partial charge in [-0.25, -0.2) is 9.67 Å². The summed E-state index contributed by atoms with van der Waals surface area (Å²) in [5, 5.41) is 9.90.